The van der Waals surface area contributed by atoms with Crippen molar-refractivity contribution in [3.63, 3.8) is 0 Å². The summed E-state index contributed by atoms with van der Waals surface area (Å²) in [6, 6.07) is 10.9. The van der Waals surface area contributed by atoms with E-state index >= 15 is 0 Å². The minimum absolute atomic E-state index is 0.126. The van der Waals surface area contributed by atoms with Gasteiger partial charge in [-0.1, -0.05) is 30.3 Å². The standard InChI is InChI=1S/C19H18F2N2O2/c20-16-8-3-7-15(18(16)21)19(25)22-11-13-5-1-2-6-14(13)12-23-10-4-9-17(23)24/h1-3,5-8H,4,9-12H2,(H,22,25). The number of hydrogen-bond donors (Lipinski definition) is 1. The quantitative estimate of drug-likeness (QED) is 0.906. The highest BCUT2D eigenvalue weighted by Gasteiger charge is 2.21. The van der Waals surface area contributed by atoms with E-state index in [0.717, 1.165) is 30.2 Å². The third-order valence-corrected chi connectivity index (χ3v) is 4.29. The minimum Gasteiger partial charge on any atom is -0.348 e. The van der Waals surface area contributed by atoms with Gasteiger partial charge in [-0.2, -0.15) is 0 Å². The van der Waals surface area contributed by atoms with E-state index in [2.05, 4.69) is 5.32 Å². The lowest BCUT2D eigenvalue weighted by atomic mass is 10.1. The summed E-state index contributed by atoms with van der Waals surface area (Å²) in [4.78, 5) is 25.7. The van der Waals surface area contributed by atoms with Crippen LogP contribution in [0, 0.1) is 11.6 Å². The van der Waals surface area contributed by atoms with Crippen molar-refractivity contribution in [3.8, 4) is 0 Å². The van der Waals surface area contributed by atoms with E-state index in [4.69, 9.17) is 0 Å². The number of rotatable bonds is 5. The number of likely N-dealkylation sites (tertiary alicyclic amines) is 1. The number of carbonyl (C=O) groups excluding carboxylic acids is 2. The second-order valence-electron chi connectivity index (χ2n) is 5.97. The van der Waals surface area contributed by atoms with Gasteiger partial charge in [-0.15, -0.1) is 0 Å². The van der Waals surface area contributed by atoms with E-state index in [9.17, 15) is 18.4 Å². The van der Waals surface area contributed by atoms with Gasteiger partial charge in [0.1, 0.15) is 0 Å². The van der Waals surface area contributed by atoms with Gasteiger partial charge >= 0.3 is 0 Å². The van der Waals surface area contributed by atoms with Crippen LogP contribution >= 0.6 is 0 Å². The van der Waals surface area contributed by atoms with Crippen LogP contribution in [0.3, 0.4) is 0 Å². The molecule has 1 heterocycles. The SMILES string of the molecule is O=C(NCc1ccccc1CN1CCCC1=O)c1cccc(F)c1F. The Morgan fingerprint density at radius 3 is 2.56 bits per heavy atom. The van der Waals surface area contributed by atoms with Gasteiger partial charge in [0.05, 0.1) is 5.56 Å². The zero-order valence-electron chi connectivity index (χ0n) is 13.6. The molecule has 6 heteroatoms. The number of nitrogens with one attached hydrogen (secondary N) is 1. The second-order valence-corrected chi connectivity index (χ2v) is 5.97. The summed E-state index contributed by atoms with van der Waals surface area (Å²) in [7, 11) is 0. The minimum atomic E-state index is -1.16. The van der Waals surface area contributed by atoms with Crippen LogP contribution in [0.1, 0.15) is 34.3 Å². The van der Waals surface area contributed by atoms with Gasteiger partial charge in [0.15, 0.2) is 11.6 Å². The van der Waals surface area contributed by atoms with Crippen LogP contribution in [-0.4, -0.2) is 23.3 Å². The summed E-state index contributed by atoms with van der Waals surface area (Å²) in [6.07, 6.45) is 1.42. The fourth-order valence-electron chi connectivity index (χ4n) is 2.91. The molecular formula is C19H18F2N2O2. The van der Waals surface area contributed by atoms with Gasteiger partial charge in [0.25, 0.3) is 5.91 Å². The molecule has 25 heavy (non-hydrogen) atoms. The van der Waals surface area contributed by atoms with Gasteiger partial charge < -0.3 is 10.2 Å². The molecule has 2 amide bonds. The Balaban J connectivity index is 1.70. The van der Waals surface area contributed by atoms with Crippen LogP contribution in [0.5, 0.6) is 0 Å². The molecule has 0 radical (unpaired) electrons. The predicted octanol–water partition coefficient (Wildman–Crippen LogP) is 3.02. The Morgan fingerprint density at radius 2 is 1.84 bits per heavy atom. The summed E-state index contributed by atoms with van der Waals surface area (Å²) in [5, 5.41) is 2.61. The number of halogens is 2. The molecule has 130 valence electrons. The van der Waals surface area contributed by atoms with E-state index in [1.165, 1.54) is 12.1 Å². The van der Waals surface area contributed by atoms with Crippen LogP contribution in [-0.2, 0) is 17.9 Å². The van der Waals surface area contributed by atoms with Crippen LogP contribution in [0.4, 0.5) is 8.78 Å². The molecule has 1 aliphatic rings. The van der Waals surface area contributed by atoms with Gasteiger partial charge in [-0.25, -0.2) is 8.78 Å². The maximum absolute atomic E-state index is 13.7. The van der Waals surface area contributed by atoms with Crippen molar-refractivity contribution in [1.82, 2.24) is 10.2 Å². The molecular weight excluding hydrogens is 326 g/mol. The molecule has 2 aromatic carbocycles. The van der Waals surface area contributed by atoms with Crippen molar-refractivity contribution in [2.75, 3.05) is 6.54 Å². The van der Waals surface area contributed by atoms with Gasteiger partial charge in [0.2, 0.25) is 5.91 Å². The molecule has 4 nitrogen and oxygen atoms in total. The largest absolute Gasteiger partial charge is 0.348 e. The highest BCUT2D eigenvalue weighted by Crippen LogP contribution is 2.17. The van der Waals surface area contributed by atoms with Crippen LogP contribution in [0.15, 0.2) is 42.5 Å². The van der Waals surface area contributed by atoms with Gasteiger partial charge in [0, 0.05) is 26.1 Å². The molecule has 0 spiro atoms. The Morgan fingerprint density at radius 1 is 1.08 bits per heavy atom. The van der Waals surface area contributed by atoms with Crippen LogP contribution in [0.2, 0.25) is 0 Å². The van der Waals surface area contributed by atoms with E-state index in [1.54, 1.807) is 4.90 Å². The Bertz CT molecular complexity index is 808. The lowest BCUT2D eigenvalue weighted by Gasteiger charge is -2.18. The van der Waals surface area contributed by atoms with Crippen molar-refractivity contribution in [1.29, 1.82) is 0 Å². The molecule has 0 unspecified atom stereocenters. The third kappa shape index (κ3) is 3.84. The highest BCUT2D eigenvalue weighted by molar-refractivity contribution is 5.94. The van der Waals surface area contributed by atoms with Crippen molar-refractivity contribution < 1.29 is 18.4 Å². The molecule has 3 rings (SSSR count). The molecule has 0 aromatic heterocycles. The lowest BCUT2D eigenvalue weighted by Crippen LogP contribution is -2.27. The monoisotopic (exact) mass is 344 g/mol. The summed E-state index contributed by atoms with van der Waals surface area (Å²) in [5.41, 5.74) is 1.44. The number of benzene rings is 2. The summed E-state index contributed by atoms with van der Waals surface area (Å²) >= 11 is 0. The van der Waals surface area contributed by atoms with E-state index < -0.39 is 17.5 Å². The first-order chi connectivity index (χ1) is 12.1. The summed E-state index contributed by atoms with van der Waals surface area (Å²) in [5.74, 6) is -2.76. The van der Waals surface area contributed by atoms with E-state index in [1.807, 2.05) is 24.3 Å². The molecule has 1 aliphatic heterocycles. The first kappa shape index (κ1) is 17.1. The number of carbonyl (C=O) groups is 2. The van der Waals surface area contributed by atoms with E-state index in [-0.39, 0.29) is 18.0 Å². The molecule has 1 fully saturated rings. The van der Waals surface area contributed by atoms with Crippen LogP contribution in [0.25, 0.3) is 0 Å². The number of amides is 2. The highest BCUT2D eigenvalue weighted by atomic mass is 19.2. The Kier molecular flexibility index (Phi) is 5.07. The average Bonchev–Trinajstić information content (AvgIpc) is 3.01. The maximum atomic E-state index is 13.7. The zero-order valence-corrected chi connectivity index (χ0v) is 13.6. The molecule has 1 N–H and O–H groups in total. The summed E-state index contributed by atoms with van der Waals surface area (Å²) < 4.78 is 26.9. The first-order valence-corrected chi connectivity index (χ1v) is 8.13. The maximum Gasteiger partial charge on any atom is 0.254 e. The predicted molar refractivity (Wildman–Crippen MR) is 88.6 cm³/mol. The summed E-state index contributed by atoms with van der Waals surface area (Å²) in [6.45, 7) is 1.39. The zero-order chi connectivity index (χ0) is 17.8. The molecule has 0 bridgehead atoms. The van der Waals surface area contributed by atoms with Crippen LogP contribution < -0.4 is 5.32 Å². The molecule has 0 saturated carbocycles. The topological polar surface area (TPSA) is 49.4 Å². The third-order valence-electron chi connectivity index (χ3n) is 4.29. The Labute approximate surface area is 144 Å². The Hall–Kier alpha value is -2.76. The van der Waals surface area contributed by atoms with Crippen molar-refractivity contribution in [2.45, 2.75) is 25.9 Å². The molecule has 2 aromatic rings. The first-order valence-electron chi connectivity index (χ1n) is 8.13. The molecule has 1 saturated heterocycles. The van der Waals surface area contributed by atoms with Crippen molar-refractivity contribution >= 4 is 11.8 Å². The second kappa shape index (κ2) is 7.42. The van der Waals surface area contributed by atoms with Crippen molar-refractivity contribution in [2.24, 2.45) is 0 Å². The van der Waals surface area contributed by atoms with Gasteiger partial charge in [-0.3, -0.25) is 9.59 Å². The normalized spacial score (nSPS) is 14.0. The number of hydrogen-bond acceptors (Lipinski definition) is 2. The van der Waals surface area contributed by atoms with E-state index in [0.29, 0.717) is 13.0 Å². The average molecular weight is 344 g/mol. The van der Waals surface area contributed by atoms with Crippen molar-refractivity contribution in [3.05, 3.63) is 70.8 Å². The molecule has 0 atom stereocenters. The lowest BCUT2D eigenvalue weighted by molar-refractivity contribution is -0.128. The van der Waals surface area contributed by atoms with Gasteiger partial charge in [-0.05, 0) is 29.7 Å². The molecule has 0 aliphatic carbocycles. The number of nitrogens with zero attached hydrogens (tertiary/aromatic N) is 1. The fourth-order valence-corrected chi connectivity index (χ4v) is 2.91. The fraction of sp³-hybridized carbons (Fsp3) is 0.263. The smallest absolute Gasteiger partial charge is 0.254 e.